The quantitative estimate of drug-likeness (QED) is 0.452. The Labute approximate surface area is 174 Å². The lowest BCUT2D eigenvalue weighted by Crippen LogP contribution is -2.11. The van der Waals surface area contributed by atoms with Crippen molar-refractivity contribution in [3.63, 3.8) is 0 Å². The second kappa shape index (κ2) is 7.70. The summed E-state index contributed by atoms with van der Waals surface area (Å²) in [5, 5.41) is 1.08. The van der Waals surface area contributed by atoms with Crippen molar-refractivity contribution in [2.45, 2.75) is 19.3 Å². The fourth-order valence-electron chi connectivity index (χ4n) is 3.77. The first kappa shape index (κ1) is 20.9. The number of fused-ring (bicyclic) bond motifs is 3. The van der Waals surface area contributed by atoms with E-state index in [1.165, 1.54) is 7.11 Å². The highest BCUT2D eigenvalue weighted by atomic mass is 19.4. The number of benzene rings is 3. The number of aromatic nitrogens is 1. The number of nitrogens with two attached hydrogens (primary N) is 1. The Morgan fingerprint density at radius 1 is 1.16 bits per heavy atom. The van der Waals surface area contributed by atoms with Gasteiger partial charge in [0, 0.05) is 29.0 Å². The van der Waals surface area contributed by atoms with Crippen LogP contribution in [0.15, 0.2) is 48.5 Å². The zero-order valence-corrected chi connectivity index (χ0v) is 16.4. The molecule has 0 saturated carbocycles. The van der Waals surface area contributed by atoms with Crippen molar-refractivity contribution in [2.75, 3.05) is 7.11 Å². The van der Waals surface area contributed by atoms with Crippen LogP contribution in [0, 0.1) is 11.9 Å². The summed E-state index contributed by atoms with van der Waals surface area (Å²) in [6.07, 6.45) is -4.60. The maximum Gasteiger partial charge on any atom is 0.416 e. The van der Waals surface area contributed by atoms with Crippen LogP contribution < -0.4 is 5.73 Å². The molecule has 0 fully saturated rings. The van der Waals surface area contributed by atoms with Crippen LogP contribution in [-0.2, 0) is 24.1 Å². The van der Waals surface area contributed by atoms with Gasteiger partial charge in [-0.15, -0.1) is 0 Å². The summed E-state index contributed by atoms with van der Waals surface area (Å²) in [6.45, 7) is 0.108. The third kappa shape index (κ3) is 3.74. The van der Waals surface area contributed by atoms with Crippen LogP contribution in [0.5, 0.6) is 0 Å². The highest BCUT2D eigenvalue weighted by Crippen LogP contribution is 2.34. The molecule has 159 valence electrons. The molecule has 1 heterocycles. The van der Waals surface area contributed by atoms with Crippen LogP contribution in [0.25, 0.3) is 21.8 Å². The molecule has 4 aromatic rings. The van der Waals surface area contributed by atoms with E-state index in [0.717, 1.165) is 17.7 Å². The maximum atomic E-state index is 14.5. The van der Waals surface area contributed by atoms with Crippen molar-refractivity contribution in [2.24, 2.45) is 5.73 Å². The Morgan fingerprint density at radius 2 is 1.94 bits per heavy atom. The molecule has 0 bridgehead atoms. The fraction of sp³-hybridized carbons (Fsp3) is 0.174. The summed E-state index contributed by atoms with van der Waals surface area (Å²) >= 11 is 0. The van der Waals surface area contributed by atoms with E-state index < -0.39 is 23.5 Å². The first-order chi connectivity index (χ1) is 14.7. The number of nitrogens with zero attached hydrogens (tertiary/aromatic N) is 1. The molecular weight excluding hydrogens is 412 g/mol. The van der Waals surface area contributed by atoms with E-state index in [0.29, 0.717) is 27.9 Å². The SMILES string of the molecule is COCc1c[c]c2c3c(C(N)=O)cccc3n(Cc3cc(C(F)(F)F)ccc3F)c2c1. The minimum Gasteiger partial charge on any atom is -0.380 e. The molecule has 3 aromatic carbocycles. The van der Waals surface area contributed by atoms with Crippen molar-refractivity contribution < 1.29 is 27.1 Å². The van der Waals surface area contributed by atoms with Crippen LogP contribution in [0.1, 0.15) is 27.0 Å². The second-order valence-electron chi connectivity index (χ2n) is 7.16. The molecular formula is C23H17F4N2O2. The predicted octanol–water partition coefficient (Wildman–Crippen LogP) is 5.05. The number of halogens is 4. The van der Waals surface area contributed by atoms with E-state index in [2.05, 4.69) is 6.07 Å². The van der Waals surface area contributed by atoms with Gasteiger partial charge in [0.1, 0.15) is 5.82 Å². The van der Waals surface area contributed by atoms with Gasteiger partial charge in [-0.25, -0.2) is 4.39 Å². The summed E-state index contributed by atoms with van der Waals surface area (Å²) in [7, 11) is 1.53. The van der Waals surface area contributed by atoms with Crippen molar-refractivity contribution in [3.05, 3.63) is 82.7 Å². The van der Waals surface area contributed by atoms with Gasteiger partial charge in [-0.3, -0.25) is 4.79 Å². The normalized spacial score (nSPS) is 12.0. The molecule has 1 amide bonds. The lowest BCUT2D eigenvalue weighted by atomic mass is 10.0. The number of amides is 1. The number of ether oxygens (including phenoxy) is 1. The number of carbonyl (C=O) groups excluding carboxylic acids is 1. The predicted molar refractivity (Wildman–Crippen MR) is 108 cm³/mol. The molecule has 0 saturated heterocycles. The van der Waals surface area contributed by atoms with Gasteiger partial charge in [0.15, 0.2) is 0 Å². The van der Waals surface area contributed by atoms with E-state index in [1.807, 2.05) is 0 Å². The van der Waals surface area contributed by atoms with Gasteiger partial charge in [0.2, 0.25) is 5.91 Å². The number of primary amides is 1. The average molecular weight is 429 g/mol. The number of alkyl halides is 3. The zero-order chi connectivity index (χ0) is 22.3. The van der Waals surface area contributed by atoms with Crippen molar-refractivity contribution >= 4 is 27.7 Å². The van der Waals surface area contributed by atoms with Gasteiger partial charge in [-0.2, -0.15) is 13.2 Å². The first-order valence-electron chi connectivity index (χ1n) is 9.30. The molecule has 2 N–H and O–H groups in total. The molecule has 0 aliphatic rings. The van der Waals surface area contributed by atoms with Gasteiger partial charge in [-0.05, 0) is 54.1 Å². The summed E-state index contributed by atoms with van der Waals surface area (Å²) < 4.78 is 60.8. The second-order valence-corrected chi connectivity index (χ2v) is 7.16. The van der Waals surface area contributed by atoms with Gasteiger partial charge in [0.05, 0.1) is 29.7 Å². The Bertz CT molecular complexity index is 1310. The van der Waals surface area contributed by atoms with Crippen LogP contribution in [0.2, 0.25) is 0 Å². The molecule has 1 radical (unpaired) electrons. The highest BCUT2D eigenvalue weighted by molar-refractivity contribution is 6.17. The van der Waals surface area contributed by atoms with E-state index in [4.69, 9.17) is 10.5 Å². The molecule has 4 rings (SSSR count). The number of rotatable bonds is 5. The standard InChI is InChI=1S/C23H17F4N2O2/c1-31-12-13-5-7-16-20(9-13)29(19-4-2-3-17(21(16)19)22(28)30)11-14-10-15(23(25,26)27)6-8-18(14)24/h2-6,8-10H,11-12H2,1H3,(H2,28,30). The highest BCUT2D eigenvalue weighted by Gasteiger charge is 2.31. The average Bonchev–Trinajstić information content (AvgIpc) is 3.02. The Morgan fingerprint density at radius 3 is 2.61 bits per heavy atom. The molecule has 8 heteroatoms. The molecule has 1 aromatic heterocycles. The summed E-state index contributed by atoms with van der Waals surface area (Å²) in [5.41, 5.74) is 6.60. The van der Waals surface area contributed by atoms with Crippen molar-refractivity contribution in [3.8, 4) is 0 Å². The summed E-state index contributed by atoms with van der Waals surface area (Å²) in [6, 6.07) is 13.8. The number of hydrogen-bond acceptors (Lipinski definition) is 2. The third-order valence-corrected chi connectivity index (χ3v) is 5.13. The Hall–Kier alpha value is -3.39. The molecule has 0 unspecified atom stereocenters. The van der Waals surface area contributed by atoms with E-state index in [-0.39, 0.29) is 24.3 Å². The number of hydrogen-bond donors (Lipinski definition) is 1. The minimum absolute atomic E-state index is 0.129. The molecule has 31 heavy (non-hydrogen) atoms. The lowest BCUT2D eigenvalue weighted by molar-refractivity contribution is -0.137. The van der Waals surface area contributed by atoms with E-state index >= 15 is 0 Å². The van der Waals surface area contributed by atoms with Gasteiger partial charge >= 0.3 is 6.18 Å². The maximum absolute atomic E-state index is 14.5. The molecule has 0 atom stereocenters. The van der Waals surface area contributed by atoms with Gasteiger partial charge in [-0.1, -0.05) is 6.07 Å². The molecule has 0 aliphatic heterocycles. The summed E-state index contributed by atoms with van der Waals surface area (Å²) in [5.74, 6) is -1.41. The minimum atomic E-state index is -4.60. The van der Waals surface area contributed by atoms with E-state index in [1.54, 1.807) is 34.9 Å². The van der Waals surface area contributed by atoms with E-state index in [9.17, 15) is 22.4 Å². The van der Waals surface area contributed by atoms with Crippen molar-refractivity contribution in [1.82, 2.24) is 4.57 Å². The monoisotopic (exact) mass is 429 g/mol. The number of methoxy groups -OCH3 is 1. The fourth-order valence-corrected chi connectivity index (χ4v) is 3.77. The summed E-state index contributed by atoms with van der Waals surface area (Å²) in [4.78, 5) is 12.0. The largest absolute Gasteiger partial charge is 0.416 e. The third-order valence-electron chi connectivity index (χ3n) is 5.13. The molecule has 4 nitrogen and oxygen atoms in total. The van der Waals surface area contributed by atoms with Crippen LogP contribution in [-0.4, -0.2) is 17.6 Å². The lowest BCUT2D eigenvalue weighted by Gasteiger charge is -2.13. The molecule has 0 spiro atoms. The smallest absolute Gasteiger partial charge is 0.380 e. The van der Waals surface area contributed by atoms with Crippen LogP contribution in [0.3, 0.4) is 0 Å². The Kier molecular flexibility index (Phi) is 5.18. The van der Waals surface area contributed by atoms with Gasteiger partial charge in [0.25, 0.3) is 0 Å². The number of carbonyl (C=O) groups is 1. The van der Waals surface area contributed by atoms with Crippen molar-refractivity contribution in [1.29, 1.82) is 0 Å². The molecule has 0 aliphatic carbocycles. The van der Waals surface area contributed by atoms with Crippen LogP contribution in [0.4, 0.5) is 17.6 Å². The van der Waals surface area contributed by atoms with Crippen LogP contribution >= 0.6 is 0 Å². The van der Waals surface area contributed by atoms with Gasteiger partial charge < -0.3 is 15.0 Å². The first-order valence-corrected chi connectivity index (χ1v) is 9.30. The Balaban J connectivity index is 1.99. The topological polar surface area (TPSA) is 57.2 Å². The zero-order valence-electron chi connectivity index (χ0n) is 16.4.